The van der Waals surface area contributed by atoms with E-state index in [1.54, 1.807) is 4.57 Å². The Bertz CT molecular complexity index is 1060. The molecular formula is C16H12F2N6O2. The van der Waals surface area contributed by atoms with Crippen molar-refractivity contribution < 1.29 is 18.1 Å². The largest absolute Gasteiger partial charge is 0.338 e. The van der Waals surface area contributed by atoms with Gasteiger partial charge in [0.1, 0.15) is 17.6 Å². The Morgan fingerprint density at radius 3 is 2.88 bits per heavy atom. The van der Waals surface area contributed by atoms with Crippen LogP contribution in [0.5, 0.6) is 0 Å². The first-order valence-electron chi connectivity index (χ1n) is 7.99. The molecule has 2 aliphatic heterocycles. The standard InChI is InChI=1S/C16H12F2N6O2/c17-7-1-2-8-11(12(7)18)16(25)23-4-3-9(23)14-13(20-6-24(8)14)15-21-10(5-19)26-22-15/h1-2,6,9H,3-5,19H2/t9-/m0/s1. The van der Waals surface area contributed by atoms with Gasteiger partial charge in [-0.1, -0.05) is 5.16 Å². The monoisotopic (exact) mass is 358 g/mol. The van der Waals surface area contributed by atoms with E-state index in [0.29, 0.717) is 24.4 Å². The second kappa shape index (κ2) is 5.18. The molecule has 0 radical (unpaired) electrons. The molecule has 8 nitrogen and oxygen atoms in total. The van der Waals surface area contributed by atoms with Crippen molar-refractivity contribution >= 4 is 5.91 Å². The molecule has 132 valence electrons. The Balaban J connectivity index is 1.78. The molecule has 0 saturated carbocycles. The maximum atomic E-state index is 14.4. The lowest BCUT2D eigenvalue weighted by atomic mass is 9.97. The molecule has 0 bridgehead atoms. The molecule has 1 fully saturated rings. The summed E-state index contributed by atoms with van der Waals surface area (Å²) in [6.07, 6.45) is 2.12. The average molecular weight is 358 g/mol. The lowest BCUT2D eigenvalue weighted by molar-refractivity contribution is 0.0456. The highest BCUT2D eigenvalue weighted by Gasteiger charge is 2.43. The van der Waals surface area contributed by atoms with Crippen molar-refractivity contribution in [3.63, 3.8) is 0 Å². The van der Waals surface area contributed by atoms with Crippen LogP contribution in [0.2, 0.25) is 0 Å². The van der Waals surface area contributed by atoms with E-state index in [0.717, 1.165) is 6.07 Å². The number of nitrogens with two attached hydrogens (primary N) is 1. The fourth-order valence-corrected chi connectivity index (χ4v) is 3.48. The van der Waals surface area contributed by atoms with E-state index >= 15 is 0 Å². The second-order valence-corrected chi connectivity index (χ2v) is 6.12. The van der Waals surface area contributed by atoms with Crippen LogP contribution in [-0.2, 0) is 6.54 Å². The van der Waals surface area contributed by atoms with Crippen LogP contribution in [0.15, 0.2) is 23.0 Å². The first-order chi connectivity index (χ1) is 12.6. The highest BCUT2D eigenvalue weighted by Crippen LogP contribution is 2.43. The van der Waals surface area contributed by atoms with Crippen molar-refractivity contribution in [3.8, 4) is 17.2 Å². The van der Waals surface area contributed by atoms with Gasteiger partial charge < -0.3 is 15.2 Å². The SMILES string of the molecule is NCc1nc(-c2ncn3c2[C@@H]2CCN2C(=O)c2c-3ccc(F)c2F)no1. The van der Waals surface area contributed by atoms with Gasteiger partial charge >= 0.3 is 0 Å². The van der Waals surface area contributed by atoms with Crippen LogP contribution in [0.3, 0.4) is 0 Å². The average Bonchev–Trinajstić information content (AvgIpc) is 3.21. The Morgan fingerprint density at radius 1 is 1.35 bits per heavy atom. The molecule has 4 heterocycles. The summed E-state index contributed by atoms with van der Waals surface area (Å²) in [7, 11) is 0. The number of hydrogen-bond acceptors (Lipinski definition) is 6. The molecular weight excluding hydrogens is 346 g/mol. The molecule has 5 rings (SSSR count). The zero-order chi connectivity index (χ0) is 18.0. The van der Waals surface area contributed by atoms with Gasteiger partial charge in [-0.2, -0.15) is 4.98 Å². The molecule has 2 N–H and O–H groups in total. The summed E-state index contributed by atoms with van der Waals surface area (Å²) in [5.74, 6) is -2.27. The van der Waals surface area contributed by atoms with Gasteiger partial charge in [0, 0.05) is 6.54 Å². The van der Waals surface area contributed by atoms with E-state index in [1.165, 1.54) is 17.3 Å². The maximum absolute atomic E-state index is 14.4. The molecule has 0 unspecified atom stereocenters. The third kappa shape index (κ3) is 1.84. The summed E-state index contributed by atoms with van der Waals surface area (Å²) in [5, 5.41) is 3.88. The number of aromatic nitrogens is 4. The minimum Gasteiger partial charge on any atom is -0.338 e. The van der Waals surface area contributed by atoms with Crippen LogP contribution in [0.25, 0.3) is 17.2 Å². The molecule has 26 heavy (non-hydrogen) atoms. The van der Waals surface area contributed by atoms with Crippen LogP contribution in [0.4, 0.5) is 8.78 Å². The van der Waals surface area contributed by atoms with E-state index in [1.807, 2.05) is 0 Å². The number of amides is 1. The fourth-order valence-electron chi connectivity index (χ4n) is 3.48. The topological polar surface area (TPSA) is 103 Å². The van der Waals surface area contributed by atoms with Crippen LogP contribution < -0.4 is 5.73 Å². The number of rotatable bonds is 2. The number of imidazole rings is 1. The van der Waals surface area contributed by atoms with Crippen molar-refractivity contribution in [2.75, 3.05) is 6.54 Å². The van der Waals surface area contributed by atoms with E-state index in [2.05, 4.69) is 15.1 Å². The minimum absolute atomic E-state index is 0.0877. The van der Waals surface area contributed by atoms with Gasteiger partial charge in [-0.15, -0.1) is 0 Å². The zero-order valence-corrected chi connectivity index (χ0v) is 13.3. The third-order valence-electron chi connectivity index (χ3n) is 4.80. The third-order valence-corrected chi connectivity index (χ3v) is 4.80. The van der Waals surface area contributed by atoms with Crippen LogP contribution >= 0.6 is 0 Å². The van der Waals surface area contributed by atoms with Crippen molar-refractivity contribution in [2.45, 2.75) is 19.0 Å². The molecule has 1 atom stereocenters. The maximum Gasteiger partial charge on any atom is 0.259 e. The molecule has 0 aliphatic carbocycles. The Labute approximate surface area is 145 Å². The molecule has 3 aromatic rings. The van der Waals surface area contributed by atoms with Crippen LogP contribution in [-0.4, -0.2) is 37.0 Å². The lowest BCUT2D eigenvalue weighted by Gasteiger charge is -2.39. The van der Waals surface area contributed by atoms with E-state index in [-0.39, 0.29) is 35.6 Å². The highest BCUT2D eigenvalue weighted by molar-refractivity contribution is 5.99. The van der Waals surface area contributed by atoms with Gasteiger partial charge in [-0.05, 0) is 18.6 Å². The summed E-state index contributed by atoms with van der Waals surface area (Å²) in [5.41, 5.74) is 6.50. The quantitative estimate of drug-likeness (QED) is 0.746. The first-order valence-corrected chi connectivity index (χ1v) is 7.99. The van der Waals surface area contributed by atoms with Crippen molar-refractivity contribution in [3.05, 3.63) is 47.2 Å². The van der Waals surface area contributed by atoms with E-state index < -0.39 is 17.5 Å². The molecule has 0 spiro atoms. The summed E-state index contributed by atoms with van der Waals surface area (Å²) in [6, 6.07) is 2.04. The van der Waals surface area contributed by atoms with E-state index in [9.17, 15) is 13.6 Å². The number of hydrogen-bond donors (Lipinski definition) is 1. The molecule has 10 heteroatoms. The molecule has 1 aromatic carbocycles. The number of fused-ring (bicyclic) bond motifs is 5. The highest BCUT2D eigenvalue weighted by atomic mass is 19.2. The van der Waals surface area contributed by atoms with E-state index in [4.69, 9.17) is 10.3 Å². The molecule has 1 amide bonds. The number of nitrogens with zero attached hydrogens (tertiary/aromatic N) is 5. The van der Waals surface area contributed by atoms with Crippen molar-refractivity contribution in [2.24, 2.45) is 5.73 Å². The van der Waals surface area contributed by atoms with Gasteiger partial charge in [0.2, 0.25) is 11.7 Å². The fraction of sp³-hybridized carbons (Fsp3) is 0.250. The van der Waals surface area contributed by atoms with Gasteiger partial charge in [-0.25, -0.2) is 13.8 Å². The molecule has 2 aliphatic rings. The minimum atomic E-state index is -1.16. The first kappa shape index (κ1) is 15.1. The summed E-state index contributed by atoms with van der Waals surface area (Å²) in [4.78, 5) is 22.8. The summed E-state index contributed by atoms with van der Waals surface area (Å²) < 4.78 is 34.8. The predicted octanol–water partition coefficient (Wildman–Crippen LogP) is 1.56. The molecule has 1 saturated heterocycles. The van der Waals surface area contributed by atoms with Crippen LogP contribution in [0, 0.1) is 11.6 Å². The zero-order valence-electron chi connectivity index (χ0n) is 13.3. The van der Waals surface area contributed by atoms with Crippen molar-refractivity contribution in [1.82, 2.24) is 24.6 Å². The number of benzene rings is 1. The Morgan fingerprint density at radius 2 is 2.19 bits per heavy atom. The number of carbonyl (C=O) groups excluding carboxylic acids is 1. The lowest BCUT2D eigenvalue weighted by Crippen LogP contribution is -2.45. The van der Waals surface area contributed by atoms with Crippen LogP contribution in [0.1, 0.15) is 34.4 Å². The van der Waals surface area contributed by atoms with Gasteiger partial charge in [0.15, 0.2) is 11.6 Å². The summed E-state index contributed by atoms with van der Waals surface area (Å²) >= 11 is 0. The predicted molar refractivity (Wildman–Crippen MR) is 83.1 cm³/mol. The number of carbonyl (C=O) groups is 1. The van der Waals surface area contributed by atoms with Crippen molar-refractivity contribution in [1.29, 1.82) is 0 Å². The smallest absolute Gasteiger partial charge is 0.259 e. The number of halogens is 2. The van der Waals surface area contributed by atoms with Gasteiger partial charge in [0.25, 0.3) is 5.91 Å². The van der Waals surface area contributed by atoms with Gasteiger partial charge in [0.05, 0.1) is 24.0 Å². The summed E-state index contributed by atoms with van der Waals surface area (Å²) in [6.45, 7) is 0.536. The normalized spacial score (nSPS) is 18.0. The van der Waals surface area contributed by atoms with Gasteiger partial charge in [-0.3, -0.25) is 9.36 Å². The Hall–Kier alpha value is -3.14. The second-order valence-electron chi connectivity index (χ2n) is 6.12. The Kier molecular flexibility index (Phi) is 3.02. The molecule has 2 aromatic heterocycles.